The van der Waals surface area contributed by atoms with Crippen molar-refractivity contribution >= 4 is 40.1 Å². The summed E-state index contributed by atoms with van der Waals surface area (Å²) in [5.41, 5.74) is 1.11. The lowest BCUT2D eigenvalue weighted by molar-refractivity contribution is -0.117. The van der Waals surface area contributed by atoms with Gasteiger partial charge in [0.15, 0.2) is 0 Å². The van der Waals surface area contributed by atoms with Crippen molar-refractivity contribution in [1.82, 2.24) is 9.97 Å². The van der Waals surface area contributed by atoms with Crippen molar-refractivity contribution in [3.8, 4) is 0 Å². The minimum atomic E-state index is -0.563. The van der Waals surface area contributed by atoms with Gasteiger partial charge in [0, 0.05) is 23.7 Å². The Morgan fingerprint density at radius 1 is 1.21 bits per heavy atom. The first-order chi connectivity index (χ1) is 13.5. The summed E-state index contributed by atoms with van der Waals surface area (Å²) in [6.45, 7) is 0.461. The van der Waals surface area contributed by atoms with E-state index in [1.165, 1.54) is 6.07 Å². The van der Waals surface area contributed by atoms with Crippen LogP contribution < -0.4 is 10.5 Å². The summed E-state index contributed by atoms with van der Waals surface area (Å²) < 4.78 is 5.29. The molecule has 7 nitrogen and oxygen atoms in total. The first kappa shape index (κ1) is 18.2. The molecule has 28 heavy (non-hydrogen) atoms. The fourth-order valence-corrected chi connectivity index (χ4v) is 3.34. The molecule has 3 aromatic rings. The normalized spacial score (nSPS) is 13.9. The quantitative estimate of drug-likeness (QED) is 0.683. The van der Waals surface area contributed by atoms with Crippen molar-refractivity contribution in [3.63, 3.8) is 0 Å². The van der Waals surface area contributed by atoms with Gasteiger partial charge in [0.25, 0.3) is 5.56 Å². The number of carbonyl (C=O) groups is 2. The number of nitrogens with one attached hydrogen (secondary N) is 1. The highest BCUT2D eigenvalue weighted by Gasteiger charge is 2.22. The van der Waals surface area contributed by atoms with Crippen LogP contribution in [0.3, 0.4) is 0 Å². The first-order valence-electron chi connectivity index (χ1n) is 8.77. The van der Waals surface area contributed by atoms with Crippen molar-refractivity contribution in [1.29, 1.82) is 0 Å². The molecule has 0 unspecified atom stereocenters. The van der Waals surface area contributed by atoms with E-state index in [2.05, 4.69) is 9.97 Å². The second-order valence-corrected chi connectivity index (χ2v) is 6.89. The highest BCUT2D eigenvalue weighted by atomic mass is 35.5. The molecule has 0 spiro atoms. The third kappa shape index (κ3) is 3.61. The van der Waals surface area contributed by atoms with Crippen molar-refractivity contribution in [2.24, 2.45) is 0 Å². The number of hydrogen-bond acceptors (Lipinski definition) is 5. The highest BCUT2D eigenvalue weighted by Crippen LogP contribution is 2.22. The molecule has 0 aliphatic carbocycles. The zero-order valence-electron chi connectivity index (χ0n) is 14.8. The van der Waals surface area contributed by atoms with Gasteiger partial charge in [-0.1, -0.05) is 17.7 Å². The van der Waals surface area contributed by atoms with Gasteiger partial charge in [-0.05, 0) is 42.8 Å². The maximum absolute atomic E-state index is 12.4. The van der Waals surface area contributed by atoms with Crippen LogP contribution in [0.5, 0.6) is 0 Å². The van der Waals surface area contributed by atoms with E-state index in [0.29, 0.717) is 40.1 Å². The smallest absolute Gasteiger partial charge is 0.338 e. The number of H-pyrrole nitrogens is 1. The topological polar surface area (TPSA) is 92.4 Å². The summed E-state index contributed by atoms with van der Waals surface area (Å²) in [5, 5.41) is 0.806. The van der Waals surface area contributed by atoms with E-state index in [4.69, 9.17) is 16.3 Å². The van der Waals surface area contributed by atoms with E-state index in [-0.39, 0.29) is 23.9 Å². The highest BCUT2D eigenvalue weighted by molar-refractivity contribution is 6.31. The van der Waals surface area contributed by atoms with Crippen LogP contribution >= 0.6 is 11.6 Å². The van der Waals surface area contributed by atoms with Crippen molar-refractivity contribution in [2.75, 3.05) is 11.4 Å². The third-order valence-electron chi connectivity index (χ3n) is 4.52. The number of carbonyl (C=O) groups excluding carboxylic acids is 2. The van der Waals surface area contributed by atoms with Crippen LogP contribution in [0.2, 0.25) is 5.02 Å². The molecule has 4 rings (SSSR count). The van der Waals surface area contributed by atoms with Crippen LogP contribution in [0.25, 0.3) is 10.9 Å². The molecule has 8 heteroatoms. The number of rotatable bonds is 4. The number of halogens is 1. The molecule has 1 aliphatic rings. The van der Waals surface area contributed by atoms with Crippen LogP contribution in [-0.2, 0) is 16.1 Å². The maximum atomic E-state index is 12.4. The number of aromatic nitrogens is 2. The second-order valence-electron chi connectivity index (χ2n) is 6.45. The van der Waals surface area contributed by atoms with E-state index in [1.54, 1.807) is 41.3 Å². The van der Waals surface area contributed by atoms with Gasteiger partial charge in [-0.2, -0.15) is 0 Å². The van der Waals surface area contributed by atoms with Gasteiger partial charge in [-0.25, -0.2) is 9.78 Å². The Morgan fingerprint density at radius 3 is 2.86 bits per heavy atom. The van der Waals surface area contributed by atoms with Crippen LogP contribution in [0.4, 0.5) is 5.69 Å². The fourth-order valence-electron chi connectivity index (χ4n) is 3.17. The number of amides is 1. The van der Waals surface area contributed by atoms with Crippen molar-refractivity contribution in [3.05, 3.63) is 69.2 Å². The van der Waals surface area contributed by atoms with Gasteiger partial charge in [0.05, 0.1) is 16.5 Å². The van der Waals surface area contributed by atoms with Gasteiger partial charge >= 0.3 is 5.97 Å². The van der Waals surface area contributed by atoms with Gasteiger partial charge in [0.1, 0.15) is 12.4 Å². The molecule has 0 saturated carbocycles. The summed E-state index contributed by atoms with van der Waals surface area (Å²) in [7, 11) is 0. The first-order valence-corrected chi connectivity index (χ1v) is 9.15. The summed E-state index contributed by atoms with van der Waals surface area (Å²) in [5.74, 6) is -0.282. The van der Waals surface area contributed by atoms with Crippen LogP contribution in [0, 0.1) is 0 Å². The number of hydrogen-bond donors (Lipinski definition) is 1. The summed E-state index contributed by atoms with van der Waals surface area (Å²) in [4.78, 5) is 45.0. The molecule has 0 radical (unpaired) electrons. The Hall–Kier alpha value is -3.19. The molecular weight excluding hydrogens is 382 g/mol. The molecule has 0 bridgehead atoms. The van der Waals surface area contributed by atoms with Crippen molar-refractivity contribution in [2.45, 2.75) is 19.4 Å². The average molecular weight is 398 g/mol. The fraction of sp³-hybridized carbons (Fsp3) is 0.200. The van der Waals surface area contributed by atoms with Gasteiger partial charge < -0.3 is 14.6 Å². The number of aromatic amines is 1. The second kappa shape index (κ2) is 7.44. The zero-order chi connectivity index (χ0) is 19.7. The predicted molar refractivity (Wildman–Crippen MR) is 105 cm³/mol. The molecular formula is C20H16ClN3O4. The van der Waals surface area contributed by atoms with E-state index >= 15 is 0 Å². The maximum Gasteiger partial charge on any atom is 0.338 e. The minimum Gasteiger partial charge on any atom is -0.454 e. The standard InChI is InChI=1S/C20H16ClN3O4/c21-13-6-7-16-15(10-13)19(26)23-17(22-16)11-28-20(27)12-3-1-4-14(9-12)24-8-2-5-18(24)25/h1,3-4,6-7,9-10H,2,5,8,11H2,(H,22,23,26). The van der Waals surface area contributed by atoms with E-state index in [1.807, 2.05) is 0 Å². The molecule has 1 amide bonds. The minimum absolute atomic E-state index is 0.0450. The number of fused-ring (bicyclic) bond motifs is 1. The Bertz CT molecular complexity index is 1140. The number of nitrogens with zero attached hydrogens (tertiary/aromatic N) is 2. The molecule has 0 atom stereocenters. The molecule has 1 N–H and O–H groups in total. The number of benzene rings is 2. The lowest BCUT2D eigenvalue weighted by atomic mass is 10.2. The molecule has 1 saturated heterocycles. The van der Waals surface area contributed by atoms with E-state index in [9.17, 15) is 14.4 Å². The van der Waals surface area contributed by atoms with Gasteiger partial charge in [-0.15, -0.1) is 0 Å². The number of anilines is 1. The lowest BCUT2D eigenvalue weighted by Gasteiger charge is -2.16. The molecule has 2 heterocycles. The molecule has 1 aromatic heterocycles. The molecule has 1 aliphatic heterocycles. The number of ether oxygens (including phenoxy) is 1. The lowest BCUT2D eigenvalue weighted by Crippen LogP contribution is -2.24. The van der Waals surface area contributed by atoms with Crippen LogP contribution in [-0.4, -0.2) is 28.4 Å². The van der Waals surface area contributed by atoms with Crippen LogP contribution in [0.15, 0.2) is 47.3 Å². The summed E-state index contributed by atoms with van der Waals surface area (Å²) in [6.07, 6.45) is 1.32. The zero-order valence-corrected chi connectivity index (χ0v) is 15.5. The summed E-state index contributed by atoms with van der Waals surface area (Å²) >= 11 is 5.90. The monoisotopic (exact) mass is 397 g/mol. The van der Waals surface area contributed by atoms with Gasteiger partial charge in [-0.3, -0.25) is 9.59 Å². The Kier molecular flexibility index (Phi) is 4.83. The molecule has 2 aromatic carbocycles. The SMILES string of the molecule is O=C(OCc1nc2ccc(Cl)cc2c(=O)[nH]1)c1cccc(N2CCCC2=O)c1. The van der Waals surface area contributed by atoms with E-state index in [0.717, 1.165) is 6.42 Å². The Labute approximate surface area is 164 Å². The molecule has 1 fully saturated rings. The van der Waals surface area contributed by atoms with Crippen molar-refractivity contribution < 1.29 is 14.3 Å². The van der Waals surface area contributed by atoms with E-state index < -0.39 is 5.97 Å². The number of esters is 1. The largest absolute Gasteiger partial charge is 0.454 e. The van der Waals surface area contributed by atoms with Crippen LogP contribution in [0.1, 0.15) is 29.0 Å². The van der Waals surface area contributed by atoms with Gasteiger partial charge in [0.2, 0.25) is 5.91 Å². The predicted octanol–water partition coefficient (Wildman–Crippen LogP) is 3.06. The third-order valence-corrected chi connectivity index (χ3v) is 4.76. The Balaban J connectivity index is 1.50. The average Bonchev–Trinajstić information content (AvgIpc) is 3.13. The Morgan fingerprint density at radius 2 is 2.07 bits per heavy atom. The summed E-state index contributed by atoms with van der Waals surface area (Å²) in [6, 6.07) is 11.5. The molecule has 142 valence electrons.